The van der Waals surface area contributed by atoms with Crippen LogP contribution in [0.5, 0.6) is 0 Å². The van der Waals surface area contributed by atoms with E-state index in [-0.39, 0.29) is 5.82 Å². The van der Waals surface area contributed by atoms with Crippen LogP contribution in [0.15, 0.2) is 46.9 Å². The zero-order valence-corrected chi connectivity index (χ0v) is 12.4. The Morgan fingerprint density at radius 3 is 2.39 bits per heavy atom. The summed E-state index contributed by atoms with van der Waals surface area (Å²) in [5.74, 6) is -0.293. The van der Waals surface area contributed by atoms with Gasteiger partial charge in [-0.2, -0.15) is 0 Å². The minimum Gasteiger partial charge on any atom is -0.207 e. The van der Waals surface area contributed by atoms with Crippen LogP contribution < -0.4 is 0 Å². The maximum Gasteiger partial charge on any atom is 0.129 e. The molecule has 0 N–H and O–H groups in total. The highest BCUT2D eigenvalue weighted by molar-refractivity contribution is 9.10. The average molecular weight is 348 g/mol. The summed E-state index contributed by atoms with van der Waals surface area (Å²) >= 11 is 15.4. The van der Waals surface area contributed by atoms with Crippen molar-refractivity contribution < 1.29 is 4.39 Å². The molecule has 0 nitrogen and oxygen atoms in total. The average Bonchev–Trinajstić information content (AvgIpc) is 2.32. The first-order valence-electron chi connectivity index (χ1n) is 5.40. The van der Waals surface area contributed by atoms with Crippen LogP contribution in [0.1, 0.15) is 16.5 Å². The van der Waals surface area contributed by atoms with Gasteiger partial charge in [0, 0.05) is 15.1 Å². The van der Waals surface area contributed by atoms with Crippen molar-refractivity contribution in [1.82, 2.24) is 0 Å². The predicted molar refractivity (Wildman–Crippen MR) is 77.9 cm³/mol. The van der Waals surface area contributed by atoms with E-state index in [9.17, 15) is 4.39 Å². The molecule has 0 aromatic heterocycles. The number of benzene rings is 2. The van der Waals surface area contributed by atoms with Gasteiger partial charge < -0.3 is 0 Å². The molecule has 0 saturated carbocycles. The Balaban J connectivity index is 2.22. The Kier molecular flexibility index (Phi) is 4.66. The van der Waals surface area contributed by atoms with Crippen LogP contribution in [-0.2, 0) is 6.42 Å². The van der Waals surface area contributed by atoms with Gasteiger partial charge in [-0.1, -0.05) is 45.7 Å². The molecule has 0 saturated heterocycles. The topological polar surface area (TPSA) is 0 Å². The van der Waals surface area contributed by atoms with Crippen molar-refractivity contribution in [1.29, 1.82) is 0 Å². The molecule has 94 valence electrons. The van der Waals surface area contributed by atoms with Gasteiger partial charge in [-0.3, -0.25) is 0 Å². The normalized spacial score (nSPS) is 12.4. The molecule has 0 aliphatic rings. The molecule has 2 rings (SSSR count). The maximum atomic E-state index is 13.7. The lowest BCUT2D eigenvalue weighted by molar-refractivity contribution is 0.604. The van der Waals surface area contributed by atoms with Crippen LogP contribution in [0, 0.1) is 5.82 Å². The molecule has 0 heterocycles. The number of hydrogen-bond acceptors (Lipinski definition) is 0. The standard InChI is InChI=1S/C14H10BrCl2F/c15-11-2-1-3-13(18)14(11)12(17)8-9-4-6-10(16)7-5-9/h1-7,12H,8H2. The fraction of sp³-hybridized carbons (Fsp3) is 0.143. The van der Waals surface area contributed by atoms with E-state index < -0.39 is 5.38 Å². The minimum atomic E-state index is -0.415. The van der Waals surface area contributed by atoms with Crippen LogP contribution in [-0.4, -0.2) is 0 Å². The van der Waals surface area contributed by atoms with Crippen LogP contribution in [0.4, 0.5) is 4.39 Å². The summed E-state index contributed by atoms with van der Waals surface area (Å²) < 4.78 is 14.4. The van der Waals surface area contributed by atoms with Gasteiger partial charge in [0.2, 0.25) is 0 Å². The first-order chi connectivity index (χ1) is 8.58. The number of hydrogen-bond donors (Lipinski definition) is 0. The number of halogens is 4. The van der Waals surface area contributed by atoms with Gasteiger partial charge in [0.1, 0.15) is 5.82 Å². The lowest BCUT2D eigenvalue weighted by atomic mass is 10.0. The summed E-state index contributed by atoms with van der Waals surface area (Å²) in [5, 5.41) is 0.263. The largest absolute Gasteiger partial charge is 0.207 e. The molecule has 0 aliphatic carbocycles. The van der Waals surface area contributed by atoms with Gasteiger partial charge >= 0.3 is 0 Å². The van der Waals surface area contributed by atoms with E-state index in [0.717, 1.165) is 5.56 Å². The van der Waals surface area contributed by atoms with E-state index in [0.29, 0.717) is 21.5 Å². The van der Waals surface area contributed by atoms with Gasteiger partial charge in [-0.05, 0) is 36.2 Å². The highest BCUT2D eigenvalue weighted by Crippen LogP contribution is 2.33. The summed E-state index contributed by atoms with van der Waals surface area (Å²) in [6, 6.07) is 12.2. The Bertz CT molecular complexity index is 520. The minimum absolute atomic E-state index is 0.293. The fourth-order valence-electron chi connectivity index (χ4n) is 1.74. The van der Waals surface area contributed by atoms with Crippen LogP contribution in [0.25, 0.3) is 0 Å². The van der Waals surface area contributed by atoms with Crippen molar-refractivity contribution in [2.24, 2.45) is 0 Å². The molecule has 2 aromatic carbocycles. The van der Waals surface area contributed by atoms with E-state index in [1.54, 1.807) is 24.3 Å². The van der Waals surface area contributed by atoms with Crippen LogP contribution in [0.3, 0.4) is 0 Å². The van der Waals surface area contributed by atoms with E-state index in [4.69, 9.17) is 23.2 Å². The molecule has 2 aromatic rings. The highest BCUT2D eigenvalue weighted by atomic mass is 79.9. The maximum absolute atomic E-state index is 13.7. The van der Waals surface area contributed by atoms with Gasteiger partial charge in [0.15, 0.2) is 0 Å². The van der Waals surface area contributed by atoms with Crippen molar-refractivity contribution in [3.05, 3.63) is 68.9 Å². The Morgan fingerprint density at radius 2 is 1.78 bits per heavy atom. The second kappa shape index (κ2) is 6.05. The summed E-state index contributed by atoms with van der Waals surface area (Å²) in [4.78, 5) is 0. The van der Waals surface area contributed by atoms with Crippen molar-refractivity contribution in [3.63, 3.8) is 0 Å². The molecule has 18 heavy (non-hydrogen) atoms. The predicted octanol–water partition coefficient (Wildman–Crippen LogP) is 5.76. The van der Waals surface area contributed by atoms with Crippen LogP contribution >= 0.6 is 39.1 Å². The van der Waals surface area contributed by atoms with Gasteiger partial charge in [0.05, 0.1) is 5.38 Å². The van der Waals surface area contributed by atoms with Crippen molar-refractivity contribution >= 4 is 39.1 Å². The van der Waals surface area contributed by atoms with E-state index in [1.807, 2.05) is 12.1 Å². The molecular weight excluding hydrogens is 338 g/mol. The SMILES string of the molecule is Fc1cccc(Br)c1C(Cl)Cc1ccc(Cl)cc1. The number of rotatable bonds is 3. The number of alkyl halides is 1. The van der Waals surface area contributed by atoms with Crippen molar-refractivity contribution in [3.8, 4) is 0 Å². The van der Waals surface area contributed by atoms with Crippen molar-refractivity contribution in [2.75, 3.05) is 0 Å². The lowest BCUT2D eigenvalue weighted by Gasteiger charge is -2.13. The molecule has 4 heteroatoms. The molecule has 0 fully saturated rings. The molecule has 1 atom stereocenters. The molecule has 0 aliphatic heterocycles. The second-order valence-corrected chi connectivity index (χ2v) is 5.75. The quantitative estimate of drug-likeness (QED) is 0.619. The Hall–Kier alpha value is -0.570. The lowest BCUT2D eigenvalue weighted by Crippen LogP contribution is -2.00. The van der Waals surface area contributed by atoms with E-state index >= 15 is 0 Å². The Labute approximate surface area is 124 Å². The zero-order valence-electron chi connectivity index (χ0n) is 9.34. The molecule has 0 amide bonds. The summed E-state index contributed by atoms with van der Waals surface area (Å²) in [6.07, 6.45) is 0.554. The van der Waals surface area contributed by atoms with Gasteiger partial charge in [-0.15, -0.1) is 11.6 Å². The highest BCUT2D eigenvalue weighted by Gasteiger charge is 2.16. The smallest absolute Gasteiger partial charge is 0.129 e. The van der Waals surface area contributed by atoms with Crippen molar-refractivity contribution in [2.45, 2.75) is 11.8 Å². The third-order valence-corrected chi connectivity index (χ3v) is 3.96. The zero-order chi connectivity index (χ0) is 13.1. The van der Waals surface area contributed by atoms with Crippen LogP contribution in [0.2, 0.25) is 5.02 Å². The summed E-state index contributed by atoms with van der Waals surface area (Å²) in [7, 11) is 0. The van der Waals surface area contributed by atoms with E-state index in [2.05, 4.69) is 15.9 Å². The Morgan fingerprint density at radius 1 is 1.11 bits per heavy atom. The third kappa shape index (κ3) is 3.25. The second-order valence-electron chi connectivity index (χ2n) is 3.93. The summed E-state index contributed by atoms with van der Waals surface area (Å²) in [6.45, 7) is 0. The molecule has 0 radical (unpaired) electrons. The molecule has 1 unspecified atom stereocenters. The molecule has 0 spiro atoms. The fourth-order valence-corrected chi connectivity index (χ4v) is 3.02. The third-order valence-electron chi connectivity index (χ3n) is 2.64. The molecule has 0 bridgehead atoms. The van der Waals surface area contributed by atoms with E-state index in [1.165, 1.54) is 6.07 Å². The first-order valence-corrected chi connectivity index (χ1v) is 7.01. The molecular formula is C14H10BrCl2F. The van der Waals surface area contributed by atoms with Gasteiger partial charge in [-0.25, -0.2) is 4.39 Å². The first kappa shape index (κ1) is 13.9. The van der Waals surface area contributed by atoms with Gasteiger partial charge in [0.25, 0.3) is 0 Å². The monoisotopic (exact) mass is 346 g/mol. The summed E-state index contributed by atoms with van der Waals surface area (Å²) in [5.41, 5.74) is 1.52.